The summed E-state index contributed by atoms with van der Waals surface area (Å²) in [6.07, 6.45) is 3.89. The van der Waals surface area contributed by atoms with E-state index in [-0.39, 0.29) is 23.0 Å². The van der Waals surface area contributed by atoms with Crippen molar-refractivity contribution in [3.63, 3.8) is 0 Å². The molecule has 14 heavy (non-hydrogen) atoms. The van der Waals surface area contributed by atoms with Crippen LogP contribution in [0.1, 0.15) is 33.6 Å². The summed E-state index contributed by atoms with van der Waals surface area (Å²) in [4.78, 5) is 0. The Morgan fingerprint density at radius 2 is 2.14 bits per heavy atom. The minimum absolute atomic E-state index is 0.0868. The zero-order chi connectivity index (χ0) is 10.1. The molecule has 0 spiro atoms. The summed E-state index contributed by atoms with van der Waals surface area (Å²) in [5.74, 6) is 0.508. The Hall–Kier alpha value is -0.730. The van der Waals surface area contributed by atoms with Gasteiger partial charge in [0.25, 0.3) is 0 Å². The van der Waals surface area contributed by atoms with E-state index in [9.17, 15) is 5.21 Å². The van der Waals surface area contributed by atoms with Crippen molar-refractivity contribution >= 4 is 6.40 Å². The fourth-order valence-corrected chi connectivity index (χ4v) is 3.99. The average molecular weight is 195 g/mol. The zero-order valence-electron chi connectivity index (χ0n) is 8.99. The monoisotopic (exact) mass is 195 g/mol. The third-order valence-electron chi connectivity index (χ3n) is 5.33. The molecule has 0 saturated heterocycles. The molecule has 0 aromatic carbocycles. The first-order valence-corrected chi connectivity index (χ1v) is 5.43. The second-order valence-corrected chi connectivity index (χ2v) is 5.80. The number of rotatable bonds is 0. The average Bonchev–Trinajstić information content (AvgIpc) is 2.63. The first-order valence-electron chi connectivity index (χ1n) is 5.43. The molecule has 3 nitrogen and oxygen atoms in total. The van der Waals surface area contributed by atoms with Gasteiger partial charge in [0.15, 0.2) is 6.10 Å². The predicted molar refractivity (Wildman–Crippen MR) is 53.0 cm³/mol. The standard InChI is InChI=1S/C11H17NO2/c1-10(2)7-4-5-11(10,3)9-8(7)12(13)6-14-9/h6-9H,4-5H2,1-3H3/t7-,8-,9-,11+/m1/s1. The van der Waals surface area contributed by atoms with Crippen LogP contribution in [-0.4, -0.2) is 23.3 Å². The highest BCUT2D eigenvalue weighted by molar-refractivity contribution is 5.44. The summed E-state index contributed by atoms with van der Waals surface area (Å²) in [7, 11) is 0. The van der Waals surface area contributed by atoms with E-state index in [2.05, 4.69) is 20.8 Å². The zero-order valence-corrected chi connectivity index (χ0v) is 8.99. The Kier molecular flexibility index (Phi) is 1.28. The van der Waals surface area contributed by atoms with Gasteiger partial charge < -0.3 is 9.94 Å². The molecule has 2 saturated carbocycles. The van der Waals surface area contributed by atoms with Gasteiger partial charge in [-0.3, -0.25) is 0 Å². The highest BCUT2D eigenvalue weighted by Crippen LogP contribution is 2.67. The smallest absolute Gasteiger partial charge is 0.336 e. The normalized spacial score (nSPS) is 52.8. The third-order valence-corrected chi connectivity index (χ3v) is 5.33. The minimum atomic E-state index is 0.0868. The highest BCUT2D eigenvalue weighted by Gasteiger charge is 2.72. The van der Waals surface area contributed by atoms with Gasteiger partial charge in [0.05, 0.1) is 0 Å². The fraction of sp³-hybridized carbons (Fsp3) is 0.909. The van der Waals surface area contributed by atoms with E-state index in [0.717, 1.165) is 4.74 Å². The maximum atomic E-state index is 11.6. The van der Waals surface area contributed by atoms with Gasteiger partial charge in [-0.05, 0) is 18.3 Å². The second-order valence-electron chi connectivity index (χ2n) is 5.80. The van der Waals surface area contributed by atoms with Crippen molar-refractivity contribution in [2.24, 2.45) is 16.7 Å². The van der Waals surface area contributed by atoms with Crippen molar-refractivity contribution in [2.45, 2.75) is 45.8 Å². The molecule has 78 valence electrons. The molecular formula is C11H17NO2. The molecule has 1 aliphatic heterocycles. The van der Waals surface area contributed by atoms with Gasteiger partial charge in [-0.15, -0.1) is 0 Å². The van der Waals surface area contributed by atoms with Crippen LogP contribution in [0.4, 0.5) is 0 Å². The van der Waals surface area contributed by atoms with E-state index in [4.69, 9.17) is 4.74 Å². The molecule has 3 aliphatic rings. The minimum Gasteiger partial charge on any atom is -0.621 e. The lowest BCUT2D eigenvalue weighted by molar-refractivity contribution is -0.500. The van der Waals surface area contributed by atoms with Crippen molar-refractivity contribution in [3.05, 3.63) is 5.21 Å². The van der Waals surface area contributed by atoms with Crippen LogP contribution < -0.4 is 0 Å². The Morgan fingerprint density at radius 1 is 1.43 bits per heavy atom. The molecule has 3 rings (SSSR count). The predicted octanol–water partition coefficient (Wildman–Crippen LogP) is 1.75. The molecule has 3 heteroatoms. The summed E-state index contributed by atoms with van der Waals surface area (Å²) in [6, 6.07) is 0.0868. The van der Waals surface area contributed by atoms with Crippen LogP contribution >= 0.6 is 0 Å². The number of nitrogens with zero attached hydrogens (tertiary/aromatic N) is 1. The van der Waals surface area contributed by atoms with Gasteiger partial charge in [0, 0.05) is 11.3 Å². The molecule has 2 aliphatic carbocycles. The maximum Gasteiger partial charge on any atom is 0.336 e. The molecule has 0 unspecified atom stereocenters. The molecule has 4 atom stereocenters. The number of fused-ring (bicyclic) bond motifs is 5. The number of hydroxylamine groups is 1. The molecule has 0 aromatic rings. The van der Waals surface area contributed by atoms with Crippen molar-refractivity contribution in [3.8, 4) is 0 Å². The van der Waals surface area contributed by atoms with Gasteiger partial charge >= 0.3 is 6.40 Å². The Bertz CT molecular complexity index is 323. The van der Waals surface area contributed by atoms with Crippen LogP contribution in [0.5, 0.6) is 0 Å². The molecule has 2 fully saturated rings. The molecular weight excluding hydrogens is 178 g/mol. The largest absolute Gasteiger partial charge is 0.621 e. The highest BCUT2D eigenvalue weighted by atomic mass is 16.6. The number of hydrogen-bond acceptors (Lipinski definition) is 2. The van der Waals surface area contributed by atoms with E-state index in [1.165, 1.54) is 19.2 Å². The fourth-order valence-electron chi connectivity index (χ4n) is 3.99. The van der Waals surface area contributed by atoms with Crippen molar-refractivity contribution in [1.29, 1.82) is 0 Å². The van der Waals surface area contributed by atoms with Crippen molar-refractivity contribution in [2.75, 3.05) is 0 Å². The second kappa shape index (κ2) is 2.10. The molecule has 0 aromatic heterocycles. The Labute approximate surface area is 84.3 Å². The topological polar surface area (TPSA) is 35.3 Å². The molecule has 2 bridgehead atoms. The van der Waals surface area contributed by atoms with Crippen molar-refractivity contribution in [1.82, 2.24) is 0 Å². The third kappa shape index (κ3) is 0.635. The van der Waals surface area contributed by atoms with Gasteiger partial charge in [0.1, 0.15) is 0 Å². The van der Waals surface area contributed by atoms with Crippen LogP contribution in [0, 0.1) is 22.0 Å². The summed E-state index contributed by atoms with van der Waals surface area (Å²) in [5, 5.41) is 11.6. The maximum absolute atomic E-state index is 11.6. The first kappa shape index (κ1) is 8.57. The molecule has 0 radical (unpaired) electrons. The van der Waals surface area contributed by atoms with Crippen LogP contribution in [0.25, 0.3) is 0 Å². The lowest BCUT2D eigenvalue weighted by atomic mass is 9.70. The molecule has 0 amide bonds. The van der Waals surface area contributed by atoms with Crippen LogP contribution in [0.2, 0.25) is 0 Å². The Morgan fingerprint density at radius 3 is 2.79 bits per heavy atom. The van der Waals surface area contributed by atoms with Gasteiger partial charge in [-0.25, -0.2) is 0 Å². The quantitative estimate of drug-likeness (QED) is 0.436. The van der Waals surface area contributed by atoms with Crippen LogP contribution in [0.3, 0.4) is 0 Å². The first-order chi connectivity index (χ1) is 6.48. The van der Waals surface area contributed by atoms with Gasteiger partial charge in [-0.2, -0.15) is 4.74 Å². The van der Waals surface area contributed by atoms with Crippen molar-refractivity contribution < 1.29 is 9.48 Å². The van der Waals surface area contributed by atoms with E-state index in [0.29, 0.717) is 5.92 Å². The SMILES string of the molecule is CC1(C)[C@@H]2CC[C@@]1(C)[C@@H]1OC=[N+]([O-])[C@H]21. The van der Waals surface area contributed by atoms with E-state index < -0.39 is 0 Å². The molecule has 1 heterocycles. The van der Waals surface area contributed by atoms with Crippen LogP contribution in [-0.2, 0) is 4.74 Å². The summed E-state index contributed by atoms with van der Waals surface area (Å²) >= 11 is 0. The summed E-state index contributed by atoms with van der Waals surface area (Å²) in [5.41, 5.74) is 0.442. The lowest BCUT2D eigenvalue weighted by Crippen LogP contribution is -2.40. The summed E-state index contributed by atoms with van der Waals surface area (Å²) in [6.45, 7) is 6.87. The Balaban J connectivity index is 2.10. The summed E-state index contributed by atoms with van der Waals surface area (Å²) < 4.78 is 6.59. The lowest BCUT2D eigenvalue weighted by Gasteiger charge is -2.35. The number of ether oxygens (including phenoxy) is 1. The van der Waals surface area contributed by atoms with Crippen LogP contribution in [0.15, 0.2) is 0 Å². The van der Waals surface area contributed by atoms with Gasteiger partial charge in [0.2, 0.25) is 6.04 Å². The van der Waals surface area contributed by atoms with E-state index in [1.807, 2.05) is 0 Å². The van der Waals surface area contributed by atoms with E-state index in [1.54, 1.807) is 0 Å². The van der Waals surface area contributed by atoms with Gasteiger partial charge in [-0.1, -0.05) is 20.8 Å². The van der Waals surface area contributed by atoms with E-state index >= 15 is 0 Å². The number of hydrogen-bond donors (Lipinski definition) is 0. The molecule has 0 N–H and O–H groups in total.